The zero-order chi connectivity index (χ0) is 15.1. The van der Waals surface area contributed by atoms with Crippen LogP contribution < -0.4 is 11.1 Å². The molecule has 0 heterocycles. The minimum Gasteiger partial charge on any atom is -0.398 e. The van der Waals surface area contributed by atoms with E-state index in [9.17, 15) is 0 Å². The molecule has 1 atom stereocenters. The van der Waals surface area contributed by atoms with Crippen molar-refractivity contribution in [3.63, 3.8) is 0 Å². The van der Waals surface area contributed by atoms with Gasteiger partial charge in [0, 0.05) is 17.9 Å². The Balaban J connectivity index is 1.94. The Morgan fingerprint density at radius 3 is 2.48 bits per heavy atom. The lowest BCUT2D eigenvalue weighted by Gasteiger charge is -2.11. The predicted octanol–water partition coefficient (Wildman–Crippen LogP) is 4.91. The largest absolute Gasteiger partial charge is 0.398 e. The summed E-state index contributed by atoms with van der Waals surface area (Å²) in [6.45, 7) is 5.26. The van der Waals surface area contributed by atoms with Crippen molar-refractivity contribution in [3.8, 4) is 0 Å². The van der Waals surface area contributed by atoms with Gasteiger partial charge < -0.3 is 11.1 Å². The summed E-state index contributed by atoms with van der Waals surface area (Å²) in [5.74, 6) is 0.434. The van der Waals surface area contributed by atoms with E-state index >= 15 is 0 Å². The van der Waals surface area contributed by atoms with Crippen LogP contribution in [0.4, 0.5) is 11.4 Å². The Bertz CT molecular complexity index is 585. The second-order valence-corrected chi connectivity index (χ2v) is 5.32. The number of allylic oxidation sites excluding steroid dienone is 1. The molecular formula is C19H24N2. The van der Waals surface area contributed by atoms with E-state index in [2.05, 4.69) is 61.6 Å². The molecule has 0 amide bonds. The number of rotatable bonds is 6. The topological polar surface area (TPSA) is 38.0 Å². The molecule has 2 nitrogen and oxygen atoms in total. The highest BCUT2D eigenvalue weighted by molar-refractivity contribution is 5.55. The number of benzene rings is 2. The van der Waals surface area contributed by atoms with Gasteiger partial charge in [0.1, 0.15) is 0 Å². The molecule has 3 N–H and O–H groups in total. The fraction of sp³-hybridized carbons (Fsp3) is 0.263. The van der Waals surface area contributed by atoms with Gasteiger partial charge in [-0.15, -0.1) is 0 Å². The van der Waals surface area contributed by atoms with E-state index in [1.807, 2.05) is 18.2 Å². The van der Waals surface area contributed by atoms with Gasteiger partial charge in [-0.2, -0.15) is 0 Å². The highest BCUT2D eigenvalue weighted by atomic mass is 14.8. The van der Waals surface area contributed by atoms with Crippen molar-refractivity contribution in [3.05, 3.63) is 65.7 Å². The molecule has 0 aromatic heterocycles. The molecule has 2 rings (SSSR count). The van der Waals surface area contributed by atoms with Gasteiger partial charge >= 0.3 is 0 Å². The number of nitrogen functional groups attached to an aromatic ring is 1. The van der Waals surface area contributed by atoms with Crippen LogP contribution in [-0.4, -0.2) is 6.54 Å². The summed E-state index contributed by atoms with van der Waals surface area (Å²) < 4.78 is 0. The SMILES string of the molecule is CCNc1ccc(/C=C/CC(C)c2ccccc2N)cc1. The molecule has 21 heavy (non-hydrogen) atoms. The first-order chi connectivity index (χ1) is 10.2. The number of hydrogen-bond acceptors (Lipinski definition) is 2. The molecule has 0 spiro atoms. The van der Waals surface area contributed by atoms with Crippen LogP contribution >= 0.6 is 0 Å². The second kappa shape index (κ2) is 7.53. The van der Waals surface area contributed by atoms with Gasteiger partial charge in [0.05, 0.1) is 0 Å². The first kappa shape index (κ1) is 15.2. The zero-order valence-corrected chi connectivity index (χ0v) is 12.8. The molecule has 0 saturated heterocycles. The lowest BCUT2D eigenvalue weighted by molar-refractivity contribution is 0.785. The molecule has 110 valence electrons. The van der Waals surface area contributed by atoms with Crippen molar-refractivity contribution >= 4 is 17.5 Å². The quantitative estimate of drug-likeness (QED) is 0.738. The summed E-state index contributed by atoms with van der Waals surface area (Å²) in [5, 5.41) is 3.30. The third-order valence-corrected chi connectivity index (χ3v) is 3.62. The van der Waals surface area contributed by atoms with Crippen LogP contribution in [0.1, 0.15) is 37.3 Å². The van der Waals surface area contributed by atoms with Crippen LogP contribution in [-0.2, 0) is 0 Å². The number of para-hydroxylation sites is 1. The van der Waals surface area contributed by atoms with Crippen LogP contribution in [0.5, 0.6) is 0 Å². The first-order valence-electron chi connectivity index (χ1n) is 7.55. The van der Waals surface area contributed by atoms with Gasteiger partial charge in [-0.3, -0.25) is 0 Å². The second-order valence-electron chi connectivity index (χ2n) is 5.32. The standard InChI is InChI=1S/C19H24N2/c1-3-21-17-13-11-16(12-14-17)8-6-7-15(2)18-9-4-5-10-19(18)20/h4-6,8-15,21H,3,7,20H2,1-2H3/b8-6+. The normalized spacial score (nSPS) is 12.5. The van der Waals surface area contributed by atoms with Crippen LogP contribution in [0, 0.1) is 0 Å². The van der Waals surface area contributed by atoms with Gasteiger partial charge in [-0.25, -0.2) is 0 Å². The Morgan fingerprint density at radius 1 is 1.10 bits per heavy atom. The smallest absolute Gasteiger partial charge is 0.0349 e. The van der Waals surface area contributed by atoms with Crippen molar-refractivity contribution in [2.24, 2.45) is 0 Å². The molecule has 0 bridgehead atoms. The van der Waals surface area contributed by atoms with E-state index in [4.69, 9.17) is 5.73 Å². The van der Waals surface area contributed by atoms with Gasteiger partial charge in [0.2, 0.25) is 0 Å². The average Bonchev–Trinajstić information content (AvgIpc) is 2.49. The molecule has 2 aromatic rings. The number of hydrogen-bond donors (Lipinski definition) is 2. The van der Waals surface area contributed by atoms with E-state index in [-0.39, 0.29) is 0 Å². The summed E-state index contributed by atoms with van der Waals surface area (Å²) in [4.78, 5) is 0. The fourth-order valence-corrected chi connectivity index (χ4v) is 2.41. The van der Waals surface area contributed by atoms with Crippen molar-refractivity contribution < 1.29 is 0 Å². The van der Waals surface area contributed by atoms with Crippen LogP contribution in [0.2, 0.25) is 0 Å². The highest BCUT2D eigenvalue weighted by Crippen LogP contribution is 2.25. The van der Waals surface area contributed by atoms with Crippen LogP contribution in [0.25, 0.3) is 6.08 Å². The molecule has 0 saturated carbocycles. The minimum atomic E-state index is 0.434. The van der Waals surface area contributed by atoms with Crippen molar-refractivity contribution in [1.29, 1.82) is 0 Å². The van der Waals surface area contributed by atoms with Crippen molar-refractivity contribution in [1.82, 2.24) is 0 Å². The van der Waals surface area contributed by atoms with Gasteiger partial charge in [0.25, 0.3) is 0 Å². The molecule has 0 aliphatic heterocycles. The maximum Gasteiger partial charge on any atom is 0.0349 e. The van der Waals surface area contributed by atoms with Gasteiger partial charge in [0.15, 0.2) is 0 Å². The van der Waals surface area contributed by atoms with E-state index in [0.29, 0.717) is 5.92 Å². The third kappa shape index (κ3) is 4.38. The number of nitrogens with two attached hydrogens (primary N) is 1. The van der Waals surface area contributed by atoms with E-state index < -0.39 is 0 Å². The fourth-order valence-electron chi connectivity index (χ4n) is 2.41. The first-order valence-corrected chi connectivity index (χ1v) is 7.55. The highest BCUT2D eigenvalue weighted by Gasteiger charge is 2.06. The Labute approximate surface area is 127 Å². The molecule has 2 heteroatoms. The predicted molar refractivity (Wildman–Crippen MR) is 93.5 cm³/mol. The van der Waals surface area contributed by atoms with Gasteiger partial charge in [-0.1, -0.05) is 49.4 Å². The third-order valence-electron chi connectivity index (χ3n) is 3.62. The van der Waals surface area contributed by atoms with Crippen molar-refractivity contribution in [2.75, 3.05) is 17.6 Å². The summed E-state index contributed by atoms with van der Waals surface area (Å²) in [5.41, 5.74) is 10.5. The lowest BCUT2D eigenvalue weighted by Crippen LogP contribution is -1.98. The average molecular weight is 280 g/mol. The van der Waals surface area contributed by atoms with Crippen LogP contribution in [0.15, 0.2) is 54.6 Å². The summed E-state index contributed by atoms with van der Waals surface area (Å²) >= 11 is 0. The number of nitrogens with one attached hydrogen (secondary N) is 1. The van der Waals surface area contributed by atoms with Crippen LogP contribution in [0.3, 0.4) is 0 Å². The molecule has 0 radical (unpaired) electrons. The maximum absolute atomic E-state index is 6.02. The number of anilines is 2. The molecule has 1 unspecified atom stereocenters. The summed E-state index contributed by atoms with van der Waals surface area (Å²) in [7, 11) is 0. The Kier molecular flexibility index (Phi) is 5.44. The molecular weight excluding hydrogens is 256 g/mol. The van der Waals surface area contributed by atoms with E-state index in [0.717, 1.165) is 18.7 Å². The molecule has 2 aromatic carbocycles. The Hall–Kier alpha value is -2.22. The Morgan fingerprint density at radius 2 is 1.81 bits per heavy atom. The van der Waals surface area contributed by atoms with E-state index in [1.54, 1.807) is 0 Å². The monoisotopic (exact) mass is 280 g/mol. The molecule has 0 fully saturated rings. The minimum absolute atomic E-state index is 0.434. The van der Waals surface area contributed by atoms with E-state index in [1.165, 1.54) is 16.8 Å². The maximum atomic E-state index is 6.02. The molecule has 0 aliphatic rings. The molecule has 0 aliphatic carbocycles. The summed E-state index contributed by atoms with van der Waals surface area (Å²) in [6, 6.07) is 16.6. The zero-order valence-electron chi connectivity index (χ0n) is 12.8. The lowest BCUT2D eigenvalue weighted by atomic mass is 9.96. The summed E-state index contributed by atoms with van der Waals surface area (Å²) in [6.07, 6.45) is 5.38. The van der Waals surface area contributed by atoms with Gasteiger partial charge in [-0.05, 0) is 48.6 Å². The van der Waals surface area contributed by atoms with Crippen molar-refractivity contribution in [2.45, 2.75) is 26.2 Å².